The van der Waals surface area contributed by atoms with E-state index in [0.717, 1.165) is 22.9 Å². The van der Waals surface area contributed by atoms with Crippen molar-refractivity contribution in [3.05, 3.63) is 56.8 Å². The Kier molecular flexibility index (Phi) is 4.31. The molecular formula is C15H17OPS. The van der Waals surface area contributed by atoms with E-state index in [1.54, 1.807) is 11.3 Å². The van der Waals surface area contributed by atoms with Crippen molar-refractivity contribution in [2.75, 3.05) is 0 Å². The van der Waals surface area contributed by atoms with Crippen molar-refractivity contribution in [3.8, 4) is 0 Å². The van der Waals surface area contributed by atoms with Crippen molar-refractivity contribution in [1.82, 2.24) is 0 Å². The first-order valence-corrected chi connectivity index (χ1v) is 8.10. The summed E-state index contributed by atoms with van der Waals surface area (Å²) >= 11 is 1.69. The number of hydrogen-bond acceptors (Lipinski definition) is 2. The van der Waals surface area contributed by atoms with Gasteiger partial charge in [0.1, 0.15) is 0 Å². The SMILES string of the molecule is Cc1cc(C)c(C(=O)PCc2ccsc2)c(C)c1. The van der Waals surface area contributed by atoms with Crippen LogP contribution < -0.4 is 0 Å². The first-order chi connectivity index (χ1) is 8.58. The van der Waals surface area contributed by atoms with E-state index in [1.165, 1.54) is 11.1 Å². The standard InChI is InChI=1S/C15H17OPS/c1-10-6-11(2)14(12(3)7-10)15(16)17-8-13-4-5-18-9-13/h4-7,9,17H,8H2,1-3H3. The Hall–Kier alpha value is -0.980. The molecule has 0 fully saturated rings. The second-order valence-corrected chi connectivity index (χ2v) is 6.53. The van der Waals surface area contributed by atoms with Crippen molar-refractivity contribution >= 4 is 25.4 Å². The van der Waals surface area contributed by atoms with Gasteiger partial charge < -0.3 is 0 Å². The van der Waals surface area contributed by atoms with Gasteiger partial charge in [-0.05, 0) is 69.0 Å². The minimum Gasteiger partial charge on any atom is -0.289 e. The van der Waals surface area contributed by atoms with E-state index in [1.807, 2.05) is 13.8 Å². The van der Waals surface area contributed by atoms with E-state index >= 15 is 0 Å². The van der Waals surface area contributed by atoms with Crippen molar-refractivity contribution < 1.29 is 4.79 Å². The van der Waals surface area contributed by atoms with Gasteiger partial charge in [-0.1, -0.05) is 17.7 Å². The zero-order chi connectivity index (χ0) is 13.1. The maximum Gasteiger partial charge on any atom is 0.181 e. The van der Waals surface area contributed by atoms with Crippen LogP contribution in [0.1, 0.15) is 32.6 Å². The summed E-state index contributed by atoms with van der Waals surface area (Å²) in [6, 6.07) is 6.28. The fraction of sp³-hybridized carbons (Fsp3) is 0.267. The van der Waals surface area contributed by atoms with Crippen LogP contribution in [0.2, 0.25) is 0 Å². The molecule has 0 aliphatic carbocycles. The largest absolute Gasteiger partial charge is 0.289 e. The van der Waals surface area contributed by atoms with Crippen molar-refractivity contribution in [3.63, 3.8) is 0 Å². The highest BCUT2D eigenvalue weighted by Gasteiger charge is 2.12. The molecule has 1 unspecified atom stereocenters. The fourth-order valence-corrected chi connectivity index (χ4v) is 4.17. The predicted octanol–water partition coefficient (Wildman–Crippen LogP) is 4.69. The summed E-state index contributed by atoms with van der Waals surface area (Å²) in [6.07, 6.45) is 0.870. The van der Waals surface area contributed by atoms with Gasteiger partial charge in [0.15, 0.2) is 5.52 Å². The fourth-order valence-electron chi connectivity index (χ4n) is 2.20. The summed E-state index contributed by atoms with van der Waals surface area (Å²) in [7, 11) is 0.335. The lowest BCUT2D eigenvalue weighted by Crippen LogP contribution is -2.00. The van der Waals surface area contributed by atoms with Gasteiger partial charge in [0.25, 0.3) is 0 Å². The Morgan fingerprint density at radius 1 is 1.22 bits per heavy atom. The molecule has 1 heterocycles. The zero-order valence-electron chi connectivity index (χ0n) is 10.9. The molecule has 2 rings (SSSR count). The average molecular weight is 276 g/mol. The van der Waals surface area contributed by atoms with Gasteiger partial charge in [0.2, 0.25) is 0 Å². The van der Waals surface area contributed by atoms with Crippen LogP contribution in [0.4, 0.5) is 0 Å². The van der Waals surface area contributed by atoms with Gasteiger partial charge in [-0.3, -0.25) is 4.79 Å². The molecule has 0 aliphatic heterocycles. The first-order valence-electron chi connectivity index (χ1n) is 5.95. The molecular weight excluding hydrogens is 259 g/mol. The van der Waals surface area contributed by atoms with E-state index < -0.39 is 0 Å². The molecule has 0 N–H and O–H groups in total. The normalized spacial score (nSPS) is 11.3. The van der Waals surface area contributed by atoms with Gasteiger partial charge in [-0.2, -0.15) is 11.3 Å². The minimum absolute atomic E-state index is 0.288. The molecule has 94 valence electrons. The van der Waals surface area contributed by atoms with Crippen LogP contribution in [0.25, 0.3) is 0 Å². The Morgan fingerprint density at radius 3 is 2.44 bits per heavy atom. The molecule has 1 aromatic carbocycles. The highest BCUT2D eigenvalue weighted by atomic mass is 32.1. The molecule has 0 radical (unpaired) electrons. The summed E-state index contributed by atoms with van der Waals surface area (Å²) in [5, 5.41) is 4.18. The summed E-state index contributed by atoms with van der Waals surface area (Å²) in [6.45, 7) is 6.13. The number of carbonyl (C=O) groups is 1. The van der Waals surface area contributed by atoms with Gasteiger partial charge in [-0.15, -0.1) is 0 Å². The van der Waals surface area contributed by atoms with Crippen molar-refractivity contribution in [1.29, 1.82) is 0 Å². The van der Waals surface area contributed by atoms with Gasteiger partial charge in [0.05, 0.1) is 0 Å². The Bertz CT molecular complexity index is 535. The second-order valence-electron chi connectivity index (χ2n) is 4.59. The molecule has 18 heavy (non-hydrogen) atoms. The van der Waals surface area contributed by atoms with Crippen LogP contribution in [-0.4, -0.2) is 5.52 Å². The molecule has 3 heteroatoms. The van der Waals surface area contributed by atoms with Crippen LogP contribution in [0.5, 0.6) is 0 Å². The van der Waals surface area contributed by atoms with Crippen LogP contribution in [0.15, 0.2) is 29.0 Å². The van der Waals surface area contributed by atoms with Crippen molar-refractivity contribution in [2.45, 2.75) is 26.9 Å². The summed E-state index contributed by atoms with van der Waals surface area (Å²) in [5.41, 5.74) is 5.92. The molecule has 0 spiro atoms. The van der Waals surface area contributed by atoms with E-state index in [9.17, 15) is 4.79 Å². The maximum atomic E-state index is 12.3. The van der Waals surface area contributed by atoms with Crippen molar-refractivity contribution in [2.24, 2.45) is 0 Å². The molecule has 0 amide bonds. The topological polar surface area (TPSA) is 17.1 Å². The first kappa shape index (κ1) is 13.5. The second kappa shape index (κ2) is 5.77. The lowest BCUT2D eigenvalue weighted by atomic mass is 10.0. The highest BCUT2D eigenvalue weighted by molar-refractivity contribution is 7.58. The van der Waals surface area contributed by atoms with Crippen LogP contribution in [0, 0.1) is 20.8 Å². The number of thiophene rings is 1. The average Bonchev–Trinajstić information content (AvgIpc) is 2.77. The van der Waals surface area contributed by atoms with E-state index in [2.05, 4.69) is 35.9 Å². The quantitative estimate of drug-likeness (QED) is 0.740. The molecule has 0 bridgehead atoms. The van der Waals surface area contributed by atoms with Gasteiger partial charge >= 0.3 is 0 Å². The van der Waals surface area contributed by atoms with E-state index in [-0.39, 0.29) is 5.52 Å². The predicted molar refractivity (Wildman–Crippen MR) is 81.3 cm³/mol. The van der Waals surface area contributed by atoms with E-state index in [4.69, 9.17) is 0 Å². The lowest BCUT2D eigenvalue weighted by Gasteiger charge is -2.10. The highest BCUT2D eigenvalue weighted by Crippen LogP contribution is 2.28. The number of benzene rings is 1. The Balaban J connectivity index is 2.14. The Morgan fingerprint density at radius 2 is 1.89 bits per heavy atom. The van der Waals surface area contributed by atoms with E-state index in [0.29, 0.717) is 8.58 Å². The molecule has 2 aromatic rings. The number of carbonyl (C=O) groups excluding carboxylic acids is 1. The monoisotopic (exact) mass is 276 g/mol. The van der Waals surface area contributed by atoms with Crippen LogP contribution in [0.3, 0.4) is 0 Å². The van der Waals surface area contributed by atoms with Crippen LogP contribution >= 0.6 is 19.9 Å². The lowest BCUT2D eigenvalue weighted by molar-refractivity contribution is 0.108. The van der Waals surface area contributed by atoms with Gasteiger partial charge in [0, 0.05) is 5.56 Å². The number of rotatable bonds is 4. The summed E-state index contributed by atoms with van der Waals surface area (Å²) in [4.78, 5) is 12.3. The zero-order valence-corrected chi connectivity index (χ0v) is 12.7. The maximum absolute atomic E-state index is 12.3. The molecule has 0 saturated heterocycles. The number of aryl methyl sites for hydroxylation is 3. The third-order valence-electron chi connectivity index (χ3n) is 2.94. The summed E-state index contributed by atoms with van der Waals surface area (Å²) in [5.74, 6) is 0. The molecule has 1 aromatic heterocycles. The third kappa shape index (κ3) is 3.07. The molecule has 0 saturated carbocycles. The molecule has 1 atom stereocenters. The third-order valence-corrected chi connectivity index (χ3v) is 4.83. The van der Waals surface area contributed by atoms with Crippen LogP contribution in [-0.2, 0) is 6.16 Å². The molecule has 0 aliphatic rings. The minimum atomic E-state index is 0.288. The smallest absolute Gasteiger partial charge is 0.181 e. The van der Waals surface area contributed by atoms with Gasteiger partial charge in [-0.25, -0.2) is 0 Å². The number of hydrogen-bond donors (Lipinski definition) is 0. The molecule has 1 nitrogen and oxygen atoms in total. The Labute approximate surface area is 114 Å². The summed E-state index contributed by atoms with van der Waals surface area (Å²) < 4.78 is 0.